The Morgan fingerprint density at radius 1 is 1.14 bits per heavy atom. The van der Waals surface area contributed by atoms with Gasteiger partial charge in [-0.05, 0) is 24.3 Å². The lowest BCUT2D eigenvalue weighted by Crippen LogP contribution is -1.85. The van der Waals surface area contributed by atoms with E-state index in [9.17, 15) is 0 Å². The average Bonchev–Trinajstić information content (AvgIpc) is 2.72. The van der Waals surface area contributed by atoms with Gasteiger partial charge in [-0.15, -0.1) is 11.8 Å². The minimum Gasteiger partial charge on any atom is -0.468 e. The molecule has 0 aliphatic heterocycles. The second-order valence-electron chi connectivity index (χ2n) is 2.89. The van der Waals surface area contributed by atoms with Crippen molar-refractivity contribution in [2.75, 3.05) is 0 Å². The van der Waals surface area contributed by atoms with E-state index in [1.54, 1.807) is 6.26 Å². The number of thioether (sulfide) groups is 1. The lowest BCUT2D eigenvalue weighted by molar-refractivity contribution is 0.530. The van der Waals surface area contributed by atoms with Crippen molar-refractivity contribution in [3.8, 4) is 0 Å². The quantitative estimate of drug-likeness (QED) is 0.767. The molecule has 0 N–H and O–H groups in total. The van der Waals surface area contributed by atoms with Crippen LogP contribution in [0, 0.1) is 0 Å². The van der Waals surface area contributed by atoms with Gasteiger partial charge in [0.05, 0.1) is 17.7 Å². The maximum absolute atomic E-state index is 5.23. The van der Waals surface area contributed by atoms with Crippen LogP contribution in [0.25, 0.3) is 0 Å². The molecule has 0 saturated carbocycles. The first-order valence-corrected chi connectivity index (χ1v) is 5.60. The van der Waals surface area contributed by atoms with Crippen LogP contribution in [0.15, 0.2) is 47.2 Å². The highest BCUT2D eigenvalue weighted by molar-refractivity contribution is 7.97. The van der Waals surface area contributed by atoms with E-state index >= 15 is 0 Å². The van der Waals surface area contributed by atoms with E-state index in [4.69, 9.17) is 4.42 Å². The molecule has 3 heteroatoms. The molecule has 2 aromatic heterocycles. The molecule has 72 valence electrons. The topological polar surface area (TPSA) is 26.0 Å². The highest BCUT2D eigenvalue weighted by atomic mass is 32.2. The molecule has 0 atom stereocenters. The normalized spacial score (nSPS) is 10.3. The first kappa shape index (κ1) is 9.34. The summed E-state index contributed by atoms with van der Waals surface area (Å²) in [5.74, 6) is 2.86. The SMILES string of the molecule is c1ccc(CSCc2ccco2)nc1. The largest absolute Gasteiger partial charge is 0.468 e. The fourth-order valence-corrected chi connectivity index (χ4v) is 1.98. The highest BCUT2D eigenvalue weighted by Crippen LogP contribution is 2.16. The van der Waals surface area contributed by atoms with Crippen molar-refractivity contribution in [2.45, 2.75) is 11.5 Å². The van der Waals surface area contributed by atoms with E-state index in [2.05, 4.69) is 4.98 Å². The molecule has 0 aliphatic carbocycles. The number of pyridine rings is 1. The van der Waals surface area contributed by atoms with Crippen LogP contribution < -0.4 is 0 Å². The summed E-state index contributed by atoms with van der Waals surface area (Å²) in [6, 6.07) is 9.88. The zero-order valence-corrected chi connectivity index (χ0v) is 8.54. The van der Waals surface area contributed by atoms with E-state index in [-0.39, 0.29) is 0 Å². The number of aromatic nitrogens is 1. The molecule has 14 heavy (non-hydrogen) atoms. The maximum Gasteiger partial charge on any atom is 0.113 e. The summed E-state index contributed by atoms with van der Waals surface area (Å²) in [5.41, 5.74) is 1.11. The maximum atomic E-state index is 5.23. The number of furan rings is 1. The molecular formula is C11H11NOS. The van der Waals surface area contributed by atoms with Crippen molar-refractivity contribution in [3.05, 3.63) is 54.2 Å². The Bertz CT molecular complexity index is 358. The summed E-state index contributed by atoms with van der Waals surface area (Å²) in [5, 5.41) is 0. The van der Waals surface area contributed by atoms with Crippen LogP contribution in [-0.2, 0) is 11.5 Å². The van der Waals surface area contributed by atoms with Gasteiger partial charge in [-0.2, -0.15) is 0 Å². The molecule has 0 aromatic carbocycles. The smallest absolute Gasteiger partial charge is 0.113 e. The third kappa shape index (κ3) is 2.64. The molecule has 0 amide bonds. The number of hydrogen-bond acceptors (Lipinski definition) is 3. The molecule has 2 heterocycles. The van der Waals surface area contributed by atoms with Crippen molar-refractivity contribution < 1.29 is 4.42 Å². The fourth-order valence-electron chi connectivity index (χ4n) is 1.13. The van der Waals surface area contributed by atoms with E-state index < -0.39 is 0 Å². The second-order valence-corrected chi connectivity index (χ2v) is 3.88. The number of nitrogens with zero attached hydrogens (tertiary/aromatic N) is 1. The monoisotopic (exact) mass is 205 g/mol. The van der Waals surface area contributed by atoms with Crippen LogP contribution in [0.2, 0.25) is 0 Å². The zero-order chi connectivity index (χ0) is 9.64. The van der Waals surface area contributed by atoms with Gasteiger partial charge in [0.2, 0.25) is 0 Å². The van der Waals surface area contributed by atoms with Gasteiger partial charge in [-0.3, -0.25) is 4.98 Å². The van der Waals surface area contributed by atoms with Crippen LogP contribution in [-0.4, -0.2) is 4.98 Å². The molecule has 0 unspecified atom stereocenters. The molecule has 2 aromatic rings. The Labute approximate surface area is 87.4 Å². The zero-order valence-electron chi connectivity index (χ0n) is 7.72. The van der Waals surface area contributed by atoms with Gasteiger partial charge in [-0.1, -0.05) is 6.07 Å². The predicted molar refractivity (Wildman–Crippen MR) is 57.9 cm³/mol. The van der Waals surface area contributed by atoms with Gasteiger partial charge in [-0.25, -0.2) is 0 Å². The third-order valence-electron chi connectivity index (χ3n) is 1.80. The van der Waals surface area contributed by atoms with Gasteiger partial charge in [0.1, 0.15) is 5.76 Å². The minimum atomic E-state index is 0.906. The van der Waals surface area contributed by atoms with Crippen LogP contribution in [0.4, 0.5) is 0 Å². The Hall–Kier alpha value is -1.22. The molecule has 0 spiro atoms. The molecule has 0 bridgehead atoms. The van der Waals surface area contributed by atoms with E-state index in [1.165, 1.54) is 0 Å². The molecule has 0 fully saturated rings. The number of hydrogen-bond donors (Lipinski definition) is 0. The summed E-state index contributed by atoms with van der Waals surface area (Å²) in [4.78, 5) is 4.25. The van der Waals surface area contributed by atoms with Crippen molar-refractivity contribution >= 4 is 11.8 Å². The van der Waals surface area contributed by atoms with Gasteiger partial charge in [0.15, 0.2) is 0 Å². The van der Waals surface area contributed by atoms with Gasteiger partial charge in [0.25, 0.3) is 0 Å². The summed E-state index contributed by atoms with van der Waals surface area (Å²) in [7, 11) is 0. The van der Waals surface area contributed by atoms with Crippen LogP contribution in [0.3, 0.4) is 0 Å². The van der Waals surface area contributed by atoms with Crippen molar-refractivity contribution in [1.29, 1.82) is 0 Å². The lowest BCUT2D eigenvalue weighted by atomic mass is 10.4. The van der Waals surface area contributed by atoms with Crippen LogP contribution in [0.1, 0.15) is 11.5 Å². The first-order valence-electron chi connectivity index (χ1n) is 4.45. The van der Waals surface area contributed by atoms with Gasteiger partial charge < -0.3 is 4.42 Å². The fraction of sp³-hybridized carbons (Fsp3) is 0.182. The molecule has 2 nitrogen and oxygen atoms in total. The summed E-state index contributed by atoms with van der Waals surface area (Å²) in [6.45, 7) is 0. The predicted octanol–water partition coefficient (Wildman–Crippen LogP) is 3.11. The summed E-state index contributed by atoms with van der Waals surface area (Å²) >= 11 is 1.81. The minimum absolute atomic E-state index is 0.906. The Morgan fingerprint density at radius 3 is 2.86 bits per heavy atom. The summed E-state index contributed by atoms with van der Waals surface area (Å²) < 4.78 is 5.23. The summed E-state index contributed by atoms with van der Waals surface area (Å²) in [6.07, 6.45) is 3.53. The molecular weight excluding hydrogens is 194 g/mol. The molecule has 0 saturated heterocycles. The highest BCUT2D eigenvalue weighted by Gasteiger charge is 1.97. The number of rotatable bonds is 4. The second kappa shape index (κ2) is 4.86. The first-order chi connectivity index (χ1) is 6.95. The lowest BCUT2D eigenvalue weighted by Gasteiger charge is -1.98. The van der Waals surface area contributed by atoms with E-state index in [1.807, 2.05) is 48.3 Å². The Kier molecular flexibility index (Phi) is 3.24. The van der Waals surface area contributed by atoms with E-state index in [0.29, 0.717) is 0 Å². The Morgan fingerprint density at radius 2 is 2.14 bits per heavy atom. The standard InChI is InChI=1S/C11H11NOS/c1-2-6-12-10(4-1)8-14-9-11-5-3-7-13-11/h1-7H,8-9H2. The van der Waals surface area contributed by atoms with Crippen molar-refractivity contribution in [1.82, 2.24) is 4.98 Å². The van der Waals surface area contributed by atoms with Crippen LogP contribution >= 0.6 is 11.8 Å². The van der Waals surface area contributed by atoms with Crippen LogP contribution in [0.5, 0.6) is 0 Å². The van der Waals surface area contributed by atoms with E-state index in [0.717, 1.165) is 23.0 Å². The molecule has 0 aliphatic rings. The molecule has 2 rings (SSSR count). The van der Waals surface area contributed by atoms with Crippen molar-refractivity contribution in [3.63, 3.8) is 0 Å². The van der Waals surface area contributed by atoms with Gasteiger partial charge in [0, 0.05) is 11.9 Å². The van der Waals surface area contributed by atoms with Crippen molar-refractivity contribution in [2.24, 2.45) is 0 Å². The third-order valence-corrected chi connectivity index (χ3v) is 2.79. The average molecular weight is 205 g/mol. The molecule has 0 radical (unpaired) electrons. The van der Waals surface area contributed by atoms with Gasteiger partial charge >= 0.3 is 0 Å². The Balaban J connectivity index is 1.79.